The molecule has 0 bridgehead atoms. The highest BCUT2D eigenvalue weighted by Gasteiger charge is 2.21. The lowest BCUT2D eigenvalue weighted by Gasteiger charge is -2.18. The minimum Gasteiger partial charge on any atom is -0.346 e. The molecular formula is C25H28N2O3S. The molecule has 6 heteroatoms. The number of sulfonamides is 1. The van der Waals surface area contributed by atoms with Gasteiger partial charge in [0.1, 0.15) is 0 Å². The molecule has 0 aliphatic carbocycles. The number of hydrogen-bond acceptors (Lipinski definition) is 3. The van der Waals surface area contributed by atoms with Crippen LogP contribution in [0.4, 0.5) is 0 Å². The molecule has 1 atom stereocenters. The lowest BCUT2D eigenvalue weighted by molar-refractivity contribution is 0.0940. The van der Waals surface area contributed by atoms with E-state index in [1.165, 1.54) is 4.31 Å². The first-order valence-corrected chi connectivity index (χ1v) is 11.6. The SMILES string of the molecule is Cc1ccc(S(=O)(=O)N(C)Cc2ccc(C(=O)N[C@@H](C)c3ccccc3C)cc2)cc1. The van der Waals surface area contributed by atoms with Crippen LogP contribution in [0.15, 0.2) is 77.7 Å². The highest BCUT2D eigenvalue weighted by Crippen LogP contribution is 2.19. The van der Waals surface area contributed by atoms with Gasteiger partial charge in [-0.15, -0.1) is 0 Å². The summed E-state index contributed by atoms with van der Waals surface area (Å²) in [5, 5.41) is 3.02. The van der Waals surface area contributed by atoms with Crippen LogP contribution < -0.4 is 5.32 Å². The average Bonchev–Trinajstić information content (AvgIpc) is 2.74. The van der Waals surface area contributed by atoms with E-state index in [-0.39, 0.29) is 23.4 Å². The summed E-state index contributed by atoms with van der Waals surface area (Å²) >= 11 is 0. The van der Waals surface area contributed by atoms with E-state index in [1.54, 1.807) is 55.6 Å². The van der Waals surface area contributed by atoms with Crippen LogP contribution in [0, 0.1) is 13.8 Å². The maximum atomic E-state index is 12.8. The Bertz CT molecular complexity index is 1150. The van der Waals surface area contributed by atoms with Crippen LogP contribution in [0.5, 0.6) is 0 Å². The number of aryl methyl sites for hydroxylation is 2. The average molecular weight is 437 g/mol. The molecule has 0 unspecified atom stereocenters. The zero-order valence-electron chi connectivity index (χ0n) is 18.3. The molecule has 1 N–H and O–H groups in total. The number of carbonyl (C=O) groups is 1. The van der Waals surface area contributed by atoms with Gasteiger partial charge in [-0.05, 0) is 61.7 Å². The third kappa shape index (κ3) is 5.40. The van der Waals surface area contributed by atoms with Crippen molar-refractivity contribution in [3.63, 3.8) is 0 Å². The number of benzene rings is 3. The summed E-state index contributed by atoms with van der Waals surface area (Å²) in [6, 6.07) is 21.7. The molecule has 3 aromatic rings. The van der Waals surface area contributed by atoms with Crippen LogP contribution in [0.25, 0.3) is 0 Å². The molecule has 0 fully saturated rings. The minimum absolute atomic E-state index is 0.112. The van der Waals surface area contributed by atoms with Crippen molar-refractivity contribution < 1.29 is 13.2 Å². The van der Waals surface area contributed by atoms with Crippen LogP contribution >= 0.6 is 0 Å². The zero-order valence-corrected chi connectivity index (χ0v) is 19.1. The Morgan fingerprint density at radius 1 is 0.935 bits per heavy atom. The highest BCUT2D eigenvalue weighted by molar-refractivity contribution is 7.89. The fraction of sp³-hybridized carbons (Fsp3) is 0.240. The number of carbonyl (C=O) groups excluding carboxylic acids is 1. The van der Waals surface area contributed by atoms with Gasteiger partial charge in [0.2, 0.25) is 10.0 Å². The van der Waals surface area contributed by atoms with Crippen molar-refractivity contribution >= 4 is 15.9 Å². The second kappa shape index (κ2) is 9.45. The Labute approximate surface area is 184 Å². The van der Waals surface area contributed by atoms with E-state index < -0.39 is 10.0 Å². The van der Waals surface area contributed by atoms with Crippen molar-refractivity contribution in [3.8, 4) is 0 Å². The van der Waals surface area contributed by atoms with Crippen molar-refractivity contribution in [1.82, 2.24) is 9.62 Å². The maximum Gasteiger partial charge on any atom is 0.251 e. The Hall–Kier alpha value is -2.96. The van der Waals surface area contributed by atoms with Crippen molar-refractivity contribution in [2.45, 2.75) is 38.3 Å². The molecule has 0 saturated heterocycles. The molecule has 1 amide bonds. The fourth-order valence-corrected chi connectivity index (χ4v) is 4.58. The zero-order chi connectivity index (χ0) is 22.6. The smallest absolute Gasteiger partial charge is 0.251 e. The van der Waals surface area contributed by atoms with Crippen LogP contribution in [0.2, 0.25) is 0 Å². The van der Waals surface area contributed by atoms with E-state index in [4.69, 9.17) is 0 Å². The van der Waals surface area contributed by atoms with Crippen LogP contribution in [-0.4, -0.2) is 25.7 Å². The number of rotatable bonds is 7. The summed E-state index contributed by atoms with van der Waals surface area (Å²) in [5.74, 6) is -0.164. The van der Waals surface area contributed by atoms with Gasteiger partial charge in [-0.1, -0.05) is 54.1 Å². The van der Waals surface area contributed by atoms with Gasteiger partial charge in [0.05, 0.1) is 10.9 Å². The molecular weight excluding hydrogens is 408 g/mol. The number of hydrogen-bond donors (Lipinski definition) is 1. The van der Waals surface area contributed by atoms with E-state index in [1.807, 2.05) is 45.0 Å². The predicted octanol–water partition coefficient (Wildman–Crippen LogP) is 4.62. The lowest BCUT2D eigenvalue weighted by Crippen LogP contribution is -2.27. The first-order valence-electron chi connectivity index (χ1n) is 10.2. The lowest BCUT2D eigenvalue weighted by atomic mass is 10.0. The molecule has 31 heavy (non-hydrogen) atoms. The highest BCUT2D eigenvalue weighted by atomic mass is 32.2. The first kappa shape index (κ1) is 22.7. The quantitative estimate of drug-likeness (QED) is 0.588. The topological polar surface area (TPSA) is 66.5 Å². The summed E-state index contributed by atoms with van der Waals surface area (Å²) in [6.07, 6.45) is 0. The third-order valence-electron chi connectivity index (χ3n) is 5.35. The summed E-state index contributed by atoms with van der Waals surface area (Å²) in [6.45, 7) is 6.12. The molecule has 0 aliphatic rings. The molecule has 0 aromatic heterocycles. The van der Waals surface area contributed by atoms with Gasteiger partial charge < -0.3 is 5.32 Å². The van der Waals surface area contributed by atoms with Crippen molar-refractivity contribution in [3.05, 3.63) is 101 Å². The van der Waals surface area contributed by atoms with Gasteiger partial charge in [0, 0.05) is 19.2 Å². The molecule has 0 saturated carbocycles. The number of amides is 1. The van der Waals surface area contributed by atoms with E-state index in [0.717, 1.165) is 22.3 Å². The van der Waals surface area contributed by atoms with Gasteiger partial charge in [0.25, 0.3) is 5.91 Å². The number of nitrogens with zero attached hydrogens (tertiary/aromatic N) is 1. The fourth-order valence-electron chi connectivity index (χ4n) is 3.42. The largest absolute Gasteiger partial charge is 0.346 e. The Balaban J connectivity index is 1.66. The summed E-state index contributed by atoms with van der Waals surface area (Å²) < 4.78 is 26.8. The molecule has 0 aliphatic heterocycles. The van der Waals surface area contributed by atoms with Gasteiger partial charge in [-0.3, -0.25) is 4.79 Å². The van der Waals surface area contributed by atoms with Crippen LogP contribution in [0.1, 0.15) is 45.6 Å². The first-order chi connectivity index (χ1) is 14.7. The van der Waals surface area contributed by atoms with Crippen molar-refractivity contribution in [2.75, 3.05) is 7.05 Å². The van der Waals surface area contributed by atoms with Gasteiger partial charge in [0.15, 0.2) is 0 Å². The van der Waals surface area contributed by atoms with Crippen LogP contribution in [0.3, 0.4) is 0 Å². The molecule has 3 aromatic carbocycles. The van der Waals surface area contributed by atoms with E-state index >= 15 is 0 Å². The van der Waals surface area contributed by atoms with Gasteiger partial charge >= 0.3 is 0 Å². The van der Waals surface area contributed by atoms with E-state index in [9.17, 15) is 13.2 Å². The second-order valence-electron chi connectivity index (χ2n) is 7.82. The molecule has 5 nitrogen and oxygen atoms in total. The van der Waals surface area contributed by atoms with E-state index in [0.29, 0.717) is 5.56 Å². The molecule has 0 spiro atoms. The molecule has 162 valence electrons. The molecule has 0 heterocycles. The summed E-state index contributed by atoms with van der Waals surface area (Å²) in [7, 11) is -2.02. The monoisotopic (exact) mass is 436 g/mol. The maximum absolute atomic E-state index is 12.8. The Kier molecular flexibility index (Phi) is 6.93. The van der Waals surface area contributed by atoms with Gasteiger partial charge in [-0.2, -0.15) is 4.31 Å². The standard InChI is InChI=1S/C25H28N2O3S/c1-18-9-15-23(16-10-18)31(29,30)27(4)17-21-11-13-22(14-12-21)25(28)26-20(3)24-8-6-5-7-19(24)2/h5-16,20H,17H2,1-4H3,(H,26,28)/t20-/m0/s1. The Morgan fingerprint density at radius 2 is 1.55 bits per heavy atom. The molecule has 3 rings (SSSR count). The summed E-state index contributed by atoms with van der Waals surface area (Å²) in [4.78, 5) is 12.9. The van der Waals surface area contributed by atoms with Crippen molar-refractivity contribution in [2.24, 2.45) is 0 Å². The normalized spacial score (nSPS) is 12.5. The Morgan fingerprint density at radius 3 is 2.16 bits per heavy atom. The van der Waals surface area contributed by atoms with Crippen molar-refractivity contribution in [1.29, 1.82) is 0 Å². The minimum atomic E-state index is -3.58. The second-order valence-corrected chi connectivity index (χ2v) is 9.87. The van der Waals surface area contributed by atoms with E-state index in [2.05, 4.69) is 5.32 Å². The summed E-state index contributed by atoms with van der Waals surface area (Å²) in [5.41, 5.74) is 4.56. The third-order valence-corrected chi connectivity index (χ3v) is 7.17. The van der Waals surface area contributed by atoms with Gasteiger partial charge in [-0.25, -0.2) is 8.42 Å². The predicted molar refractivity (Wildman–Crippen MR) is 123 cm³/mol. The number of nitrogens with one attached hydrogen (secondary N) is 1. The molecule has 0 radical (unpaired) electrons. The van der Waals surface area contributed by atoms with Crippen LogP contribution in [-0.2, 0) is 16.6 Å².